The first-order valence-electron chi connectivity index (χ1n) is 5.98. The summed E-state index contributed by atoms with van der Waals surface area (Å²) in [6.07, 6.45) is 3.42. The number of hydrogen-bond acceptors (Lipinski definition) is 2. The van der Waals surface area contributed by atoms with Gasteiger partial charge in [-0.3, -0.25) is 0 Å². The smallest absolute Gasteiger partial charge is 0.121 e. The number of nitrogens with one attached hydrogen (secondary N) is 1. The molecule has 0 spiro atoms. The van der Waals surface area contributed by atoms with Crippen LogP contribution in [0.5, 0.6) is 0 Å². The predicted molar refractivity (Wildman–Crippen MR) is 64.0 cm³/mol. The van der Waals surface area contributed by atoms with Crippen molar-refractivity contribution in [1.29, 1.82) is 0 Å². The molecule has 0 bridgehead atoms. The van der Waals surface area contributed by atoms with Crippen molar-refractivity contribution in [3.63, 3.8) is 0 Å². The minimum Gasteiger partial charge on any atom is -0.464 e. The lowest BCUT2D eigenvalue weighted by Gasteiger charge is -2.21. The van der Waals surface area contributed by atoms with Crippen LogP contribution < -0.4 is 5.32 Å². The highest BCUT2D eigenvalue weighted by Crippen LogP contribution is 2.26. The second-order valence-electron chi connectivity index (χ2n) is 4.19. The summed E-state index contributed by atoms with van der Waals surface area (Å²) in [4.78, 5) is 0. The van der Waals surface area contributed by atoms with Gasteiger partial charge in [0.2, 0.25) is 0 Å². The van der Waals surface area contributed by atoms with E-state index in [4.69, 9.17) is 4.42 Å². The van der Waals surface area contributed by atoms with Crippen molar-refractivity contribution in [2.45, 2.75) is 46.1 Å². The SMILES string of the molecule is CCCC(C)C(NC)c1ccc(CC)o1. The van der Waals surface area contributed by atoms with Gasteiger partial charge in [-0.15, -0.1) is 0 Å². The van der Waals surface area contributed by atoms with Gasteiger partial charge in [-0.2, -0.15) is 0 Å². The monoisotopic (exact) mass is 209 g/mol. The third kappa shape index (κ3) is 3.10. The molecular weight excluding hydrogens is 186 g/mol. The molecule has 0 aromatic carbocycles. The van der Waals surface area contributed by atoms with Crippen LogP contribution in [0.4, 0.5) is 0 Å². The molecule has 0 amide bonds. The molecule has 0 aliphatic heterocycles. The van der Waals surface area contributed by atoms with Crippen LogP contribution in [0.3, 0.4) is 0 Å². The molecule has 2 atom stereocenters. The Morgan fingerprint density at radius 2 is 2.07 bits per heavy atom. The lowest BCUT2D eigenvalue weighted by Crippen LogP contribution is -2.22. The Morgan fingerprint density at radius 3 is 2.53 bits per heavy atom. The van der Waals surface area contributed by atoms with E-state index < -0.39 is 0 Å². The van der Waals surface area contributed by atoms with E-state index in [-0.39, 0.29) is 0 Å². The van der Waals surface area contributed by atoms with Crippen molar-refractivity contribution in [3.8, 4) is 0 Å². The van der Waals surface area contributed by atoms with Crippen LogP contribution in [0.15, 0.2) is 16.5 Å². The first kappa shape index (κ1) is 12.3. The minimum atomic E-state index is 0.352. The molecule has 1 heterocycles. The Bertz CT molecular complexity index is 280. The molecule has 1 rings (SSSR count). The van der Waals surface area contributed by atoms with Gasteiger partial charge in [-0.05, 0) is 31.5 Å². The molecular formula is C13H23NO. The van der Waals surface area contributed by atoms with Crippen LogP contribution in [-0.2, 0) is 6.42 Å². The van der Waals surface area contributed by atoms with Gasteiger partial charge in [0.1, 0.15) is 11.5 Å². The van der Waals surface area contributed by atoms with E-state index >= 15 is 0 Å². The minimum absolute atomic E-state index is 0.352. The van der Waals surface area contributed by atoms with Crippen molar-refractivity contribution in [2.24, 2.45) is 5.92 Å². The number of furan rings is 1. The maximum absolute atomic E-state index is 5.79. The summed E-state index contributed by atoms with van der Waals surface area (Å²) in [5, 5.41) is 3.35. The summed E-state index contributed by atoms with van der Waals surface area (Å²) in [7, 11) is 2.00. The van der Waals surface area contributed by atoms with E-state index in [1.54, 1.807) is 0 Å². The first-order chi connectivity index (χ1) is 7.22. The second-order valence-corrected chi connectivity index (χ2v) is 4.19. The van der Waals surface area contributed by atoms with E-state index in [1.807, 2.05) is 7.05 Å². The van der Waals surface area contributed by atoms with Crippen molar-refractivity contribution in [1.82, 2.24) is 5.32 Å². The van der Waals surface area contributed by atoms with Crippen molar-refractivity contribution >= 4 is 0 Å². The molecule has 2 nitrogen and oxygen atoms in total. The molecule has 2 unspecified atom stereocenters. The molecule has 1 N–H and O–H groups in total. The molecule has 1 aromatic heterocycles. The fraction of sp³-hybridized carbons (Fsp3) is 0.692. The van der Waals surface area contributed by atoms with E-state index in [0.29, 0.717) is 12.0 Å². The van der Waals surface area contributed by atoms with Gasteiger partial charge in [0.15, 0.2) is 0 Å². The average Bonchev–Trinajstić information content (AvgIpc) is 2.68. The van der Waals surface area contributed by atoms with E-state index in [1.165, 1.54) is 12.8 Å². The summed E-state index contributed by atoms with van der Waals surface area (Å²) in [5.74, 6) is 2.78. The van der Waals surface area contributed by atoms with E-state index in [9.17, 15) is 0 Å². The van der Waals surface area contributed by atoms with Gasteiger partial charge in [0.25, 0.3) is 0 Å². The summed E-state index contributed by atoms with van der Waals surface area (Å²) < 4.78 is 5.79. The topological polar surface area (TPSA) is 25.2 Å². The number of hydrogen-bond donors (Lipinski definition) is 1. The lowest BCUT2D eigenvalue weighted by atomic mass is 9.95. The fourth-order valence-corrected chi connectivity index (χ4v) is 2.08. The molecule has 2 heteroatoms. The Balaban J connectivity index is 2.72. The zero-order chi connectivity index (χ0) is 11.3. The van der Waals surface area contributed by atoms with Gasteiger partial charge >= 0.3 is 0 Å². The summed E-state index contributed by atoms with van der Waals surface area (Å²) >= 11 is 0. The molecule has 0 radical (unpaired) electrons. The highest BCUT2D eigenvalue weighted by molar-refractivity contribution is 5.11. The van der Waals surface area contributed by atoms with E-state index in [2.05, 4.69) is 38.2 Å². The molecule has 0 aliphatic carbocycles. The van der Waals surface area contributed by atoms with Crippen LogP contribution in [0.1, 0.15) is 51.2 Å². The molecule has 1 aromatic rings. The predicted octanol–water partition coefficient (Wildman–Crippen LogP) is 3.54. The average molecular weight is 209 g/mol. The highest BCUT2D eigenvalue weighted by atomic mass is 16.3. The van der Waals surface area contributed by atoms with Gasteiger partial charge in [0.05, 0.1) is 6.04 Å². The van der Waals surface area contributed by atoms with Crippen LogP contribution >= 0.6 is 0 Å². The number of rotatable bonds is 6. The zero-order valence-electron chi connectivity index (χ0n) is 10.3. The summed E-state index contributed by atoms with van der Waals surface area (Å²) in [6.45, 7) is 6.62. The molecule has 0 saturated carbocycles. The first-order valence-corrected chi connectivity index (χ1v) is 5.98. The Hall–Kier alpha value is -0.760. The summed E-state index contributed by atoms with van der Waals surface area (Å²) in [5.41, 5.74) is 0. The fourth-order valence-electron chi connectivity index (χ4n) is 2.08. The van der Waals surface area contributed by atoms with Crippen LogP contribution in [-0.4, -0.2) is 7.05 Å². The molecule has 0 saturated heterocycles. The third-order valence-electron chi connectivity index (χ3n) is 2.96. The molecule has 15 heavy (non-hydrogen) atoms. The zero-order valence-corrected chi connectivity index (χ0v) is 10.3. The van der Waals surface area contributed by atoms with E-state index in [0.717, 1.165) is 17.9 Å². The van der Waals surface area contributed by atoms with Gasteiger partial charge in [-0.1, -0.05) is 27.2 Å². The van der Waals surface area contributed by atoms with Crippen molar-refractivity contribution < 1.29 is 4.42 Å². The largest absolute Gasteiger partial charge is 0.464 e. The lowest BCUT2D eigenvalue weighted by molar-refractivity contribution is 0.318. The molecule has 0 fully saturated rings. The highest BCUT2D eigenvalue weighted by Gasteiger charge is 2.19. The quantitative estimate of drug-likeness (QED) is 0.775. The van der Waals surface area contributed by atoms with Gasteiger partial charge < -0.3 is 9.73 Å². The van der Waals surface area contributed by atoms with Crippen LogP contribution in [0.2, 0.25) is 0 Å². The Kier molecular flexibility index (Phi) is 4.89. The Morgan fingerprint density at radius 1 is 1.33 bits per heavy atom. The normalized spacial score (nSPS) is 15.2. The van der Waals surface area contributed by atoms with Gasteiger partial charge in [0, 0.05) is 6.42 Å². The second kappa shape index (κ2) is 5.96. The van der Waals surface area contributed by atoms with Crippen molar-refractivity contribution in [3.05, 3.63) is 23.7 Å². The molecule has 0 aliphatic rings. The van der Waals surface area contributed by atoms with Crippen molar-refractivity contribution in [2.75, 3.05) is 7.05 Å². The maximum atomic E-state index is 5.79. The molecule has 86 valence electrons. The third-order valence-corrected chi connectivity index (χ3v) is 2.96. The van der Waals surface area contributed by atoms with Crippen LogP contribution in [0, 0.1) is 5.92 Å². The Labute approximate surface area is 93.1 Å². The summed E-state index contributed by atoms with van der Waals surface area (Å²) in [6, 6.07) is 4.54. The standard InChI is InChI=1S/C13H23NO/c1-5-7-10(3)13(14-4)12-9-8-11(6-2)15-12/h8-10,13-14H,5-7H2,1-4H3. The van der Waals surface area contributed by atoms with Crippen LogP contribution in [0.25, 0.3) is 0 Å². The number of aryl methyl sites for hydroxylation is 1. The maximum Gasteiger partial charge on any atom is 0.121 e. The van der Waals surface area contributed by atoms with Gasteiger partial charge in [-0.25, -0.2) is 0 Å².